The molecule has 0 aromatic heterocycles. The molecule has 1 atom stereocenters. The molecule has 9 heteroatoms. The van der Waals surface area contributed by atoms with E-state index in [1.54, 1.807) is 6.07 Å². The molecule has 1 amide bonds. The number of rotatable bonds is 5. The molecule has 124 valence electrons. The lowest BCUT2D eigenvalue weighted by Crippen LogP contribution is -2.31. The number of nitriles is 1. The monoisotopic (exact) mass is 347 g/mol. The first-order valence-electron chi connectivity index (χ1n) is 6.85. The number of carbonyl (C=O) groups excluding carboxylic acids is 2. The minimum Gasteiger partial charge on any atom is -0.468 e. The Labute approximate surface area is 141 Å². The molecule has 1 aliphatic heterocycles. The van der Waals surface area contributed by atoms with Gasteiger partial charge in [0.05, 0.1) is 34.5 Å². The second-order valence-electron chi connectivity index (χ2n) is 4.84. The van der Waals surface area contributed by atoms with Gasteiger partial charge in [-0.25, -0.2) is 0 Å². The van der Waals surface area contributed by atoms with Crippen molar-refractivity contribution in [2.24, 2.45) is 0 Å². The van der Waals surface area contributed by atoms with E-state index >= 15 is 0 Å². The number of amides is 1. The van der Waals surface area contributed by atoms with Crippen molar-refractivity contribution in [3.63, 3.8) is 0 Å². The highest BCUT2D eigenvalue weighted by Crippen LogP contribution is 2.39. The Kier molecular flexibility index (Phi) is 5.55. The zero-order valence-electron chi connectivity index (χ0n) is 12.6. The summed E-state index contributed by atoms with van der Waals surface area (Å²) in [6.07, 6.45) is -0.0734. The molecule has 0 bridgehead atoms. The lowest BCUT2D eigenvalue weighted by Gasteiger charge is -2.24. The molecular formula is C15H13N3O5S. The van der Waals surface area contributed by atoms with Crippen LogP contribution in [0.1, 0.15) is 17.9 Å². The van der Waals surface area contributed by atoms with Crippen LogP contribution in [-0.2, 0) is 14.3 Å². The zero-order chi connectivity index (χ0) is 17.7. The number of hydrogen-bond donors (Lipinski definition) is 1. The number of methoxy groups -OCH3 is 1. The maximum Gasteiger partial charge on any atom is 0.316 e. The largest absolute Gasteiger partial charge is 0.468 e. The first-order valence-corrected chi connectivity index (χ1v) is 7.83. The Morgan fingerprint density at radius 1 is 1.54 bits per heavy atom. The number of nitro benzene ring substituents is 1. The van der Waals surface area contributed by atoms with Gasteiger partial charge in [-0.3, -0.25) is 19.7 Å². The third kappa shape index (κ3) is 3.72. The van der Waals surface area contributed by atoms with Gasteiger partial charge in [-0.05, 0) is 0 Å². The molecule has 0 aliphatic carbocycles. The van der Waals surface area contributed by atoms with E-state index in [1.807, 2.05) is 6.07 Å². The fourth-order valence-corrected chi connectivity index (χ4v) is 3.25. The number of nitrogens with zero attached hydrogens (tertiary/aromatic N) is 2. The summed E-state index contributed by atoms with van der Waals surface area (Å²) in [5, 5.41) is 23.5. The first kappa shape index (κ1) is 17.5. The highest BCUT2D eigenvalue weighted by Gasteiger charge is 2.33. The SMILES string of the molecule is COC(=O)CSC1=C(C#N)[C@@H](c2ccccc2[N+](=O)[O-])CC(=O)N1. The maximum atomic E-state index is 12.0. The number of nitro groups is 1. The maximum absolute atomic E-state index is 12.0. The van der Waals surface area contributed by atoms with E-state index in [1.165, 1.54) is 25.3 Å². The molecule has 0 saturated heterocycles. The molecule has 0 fully saturated rings. The van der Waals surface area contributed by atoms with Crippen LogP contribution in [0.4, 0.5) is 5.69 Å². The summed E-state index contributed by atoms with van der Waals surface area (Å²) in [5.74, 6) is -1.69. The molecular weight excluding hydrogens is 334 g/mol. The number of hydrogen-bond acceptors (Lipinski definition) is 7. The standard InChI is InChI=1S/C15H13N3O5S/c1-23-14(20)8-24-15-11(7-16)10(6-13(19)17-15)9-4-2-3-5-12(9)18(21)22/h2-5,10H,6,8H2,1H3,(H,17,19)/t10-/m1/s1. The summed E-state index contributed by atoms with van der Waals surface area (Å²) >= 11 is 0.960. The number of para-hydroxylation sites is 1. The third-order valence-corrected chi connectivity index (χ3v) is 4.42. The van der Waals surface area contributed by atoms with E-state index in [9.17, 15) is 25.0 Å². The number of esters is 1. The van der Waals surface area contributed by atoms with Crippen LogP contribution < -0.4 is 5.32 Å². The van der Waals surface area contributed by atoms with E-state index in [0.29, 0.717) is 5.56 Å². The highest BCUT2D eigenvalue weighted by molar-refractivity contribution is 8.03. The lowest BCUT2D eigenvalue weighted by atomic mass is 9.86. The molecule has 0 spiro atoms. The van der Waals surface area contributed by atoms with Crippen LogP contribution >= 0.6 is 11.8 Å². The molecule has 1 N–H and O–H groups in total. The second kappa shape index (κ2) is 7.61. The summed E-state index contributed by atoms with van der Waals surface area (Å²) in [4.78, 5) is 33.9. The minimum atomic E-state index is -0.731. The number of ether oxygens (including phenoxy) is 1. The number of allylic oxidation sites excluding steroid dienone is 1. The normalized spacial score (nSPS) is 17.0. The predicted octanol–water partition coefficient (Wildman–Crippen LogP) is 1.84. The van der Waals surface area contributed by atoms with E-state index < -0.39 is 16.8 Å². The summed E-state index contributed by atoms with van der Waals surface area (Å²) < 4.78 is 4.53. The Morgan fingerprint density at radius 2 is 2.25 bits per heavy atom. The Morgan fingerprint density at radius 3 is 2.88 bits per heavy atom. The van der Waals surface area contributed by atoms with Crippen LogP contribution in [-0.4, -0.2) is 29.7 Å². The molecule has 0 radical (unpaired) electrons. The van der Waals surface area contributed by atoms with Gasteiger partial charge in [0.2, 0.25) is 5.91 Å². The van der Waals surface area contributed by atoms with Gasteiger partial charge in [0.15, 0.2) is 0 Å². The van der Waals surface area contributed by atoms with Gasteiger partial charge in [0.1, 0.15) is 0 Å². The van der Waals surface area contributed by atoms with Crippen LogP contribution in [0.15, 0.2) is 34.9 Å². The molecule has 1 aromatic carbocycles. The quantitative estimate of drug-likeness (QED) is 0.490. The Bertz CT molecular complexity index is 769. The van der Waals surface area contributed by atoms with Crippen molar-refractivity contribution < 1.29 is 19.2 Å². The molecule has 1 aromatic rings. The summed E-state index contributed by atoms with van der Waals surface area (Å²) in [6, 6.07) is 8.00. The highest BCUT2D eigenvalue weighted by atomic mass is 32.2. The minimum absolute atomic E-state index is 0.0734. The molecule has 2 rings (SSSR count). The number of thioether (sulfide) groups is 1. The first-order chi connectivity index (χ1) is 11.5. The van der Waals surface area contributed by atoms with Crippen molar-refractivity contribution in [2.75, 3.05) is 12.9 Å². The van der Waals surface area contributed by atoms with Crippen molar-refractivity contribution in [1.82, 2.24) is 5.32 Å². The average Bonchev–Trinajstić information content (AvgIpc) is 2.58. The molecule has 0 saturated carbocycles. The molecule has 24 heavy (non-hydrogen) atoms. The zero-order valence-corrected chi connectivity index (χ0v) is 13.5. The number of nitrogens with one attached hydrogen (secondary N) is 1. The predicted molar refractivity (Wildman–Crippen MR) is 85.7 cm³/mol. The van der Waals surface area contributed by atoms with Crippen LogP contribution in [0.2, 0.25) is 0 Å². The Balaban J connectivity index is 2.45. The number of carbonyl (C=O) groups is 2. The van der Waals surface area contributed by atoms with Gasteiger partial charge in [-0.1, -0.05) is 30.0 Å². The van der Waals surface area contributed by atoms with Crippen molar-refractivity contribution in [3.05, 3.63) is 50.5 Å². The number of benzene rings is 1. The van der Waals surface area contributed by atoms with Crippen LogP contribution in [0.25, 0.3) is 0 Å². The van der Waals surface area contributed by atoms with Gasteiger partial charge in [0.25, 0.3) is 5.69 Å². The molecule has 1 aliphatic rings. The summed E-state index contributed by atoms with van der Waals surface area (Å²) in [5.41, 5.74) is 0.338. The average molecular weight is 347 g/mol. The summed E-state index contributed by atoms with van der Waals surface area (Å²) in [7, 11) is 1.23. The molecule has 1 heterocycles. The van der Waals surface area contributed by atoms with Gasteiger partial charge >= 0.3 is 5.97 Å². The van der Waals surface area contributed by atoms with Gasteiger partial charge < -0.3 is 10.1 Å². The van der Waals surface area contributed by atoms with E-state index in [2.05, 4.69) is 10.1 Å². The van der Waals surface area contributed by atoms with Crippen LogP contribution in [0, 0.1) is 21.4 Å². The van der Waals surface area contributed by atoms with E-state index in [-0.39, 0.29) is 34.4 Å². The Hall–Kier alpha value is -2.86. The lowest BCUT2D eigenvalue weighted by molar-refractivity contribution is -0.385. The fraction of sp³-hybridized carbons (Fsp3) is 0.267. The van der Waals surface area contributed by atoms with E-state index in [0.717, 1.165) is 11.8 Å². The fourth-order valence-electron chi connectivity index (χ4n) is 2.34. The molecule has 8 nitrogen and oxygen atoms in total. The van der Waals surface area contributed by atoms with Crippen LogP contribution in [0.5, 0.6) is 0 Å². The smallest absolute Gasteiger partial charge is 0.316 e. The second-order valence-corrected chi connectivity index (χ2v) is 5.83. The van der Waals surface area contributed by atoms with Gasteiger partial charge in [0, 0.05) is 24.0 Å². The van der Waals surface area contributed by atoms with Crippen molar-refractivity contribution in [2.45, 2.75) is 12.3 Å². The van der Waals surface area contributed by atoms with Gasteiger partial charge in [-0.2, -0.15) is 5.26 Å². The van der Waals surface area contributed by atoms with Crippen LogP contribution in [0.3, 0.4) is 0 Å². The van der Waals surface area contributed by atoms with Crippen molar-refractivity contribution >= 4 is 29.3 Å². The molecule has 0 unspecified atom stereocenters. The van der Waals surface area contributed by atoms with Gasteiger partial charge in [-0.15, -0.1) is 0 Å². The van der Waals surface area contributed by atoms with Crippen molar-refractivity contribution in [1.29, 1.82) is 5.26 Å². The third-order valence-electron chi connectivity index (χ3n) is 3.43. The topological polar surface area (TPSA) is 122 Å². The van der Waals surface area contributed by atoms with Crippen molar-refractivity contribution in [3.8, 4) is 6.07 Å². The van der Waals surface area contributed by atoms with E-state index in [4.69, 9.17) is 0 Å². The summed E-state index contributed by atoms with van der Waals surface area (Å²) in [6.45, 7) is 0.